The van der Waals surface area contributed by atoms with Crippen molar-refractivity contribution in [2.24, 2.45) is 5.41 Å². The van der Waals surface area contributed by atoms with E-state index in [1.807, 2.05) is 13.0 Å². The van der Waals surface area contributed by atoms with Gasteiger partial charge >= 0.3 is 0 Å². The summed E-state index contributed by atoms with van der Waals surface area (Å²) in [6.45, 7) is 6.87. The number of nitrogens with zero attached hydrogens (tertiary/aromatic N) is 2. The van der Waals surface area contributed by atoms with Gasteiger partial charge in [-0.2, -0.15) is 0 Å². The Morgan fingerprint density at radius 3 is 2.88 bits per heavy atom. The molecule has 24 heavy (non-hydrogen) atoms. The van der Waals surface area contributed by atoms with Gasteiger partial charge in [0.2, 0.25) is 11.9 Å². The quantitative estimate of drug-likeness (QED) is 0.882. The van der Waals surface area contributed by atoms with E-state index in [0.717, 1.165) is 29.9 Å². The molecule has 1 atom stereocenters. The summed E-state index contributed by atoms with van der Waals surface area (Å²) in [5, 5.41) is 6.20. The SMILES string of the molecule is Cc1cc2c(o1)CC(C)(C)C[C@H]2NC(=O)CCNc1ncccn1. The third-order valence-corrected chi connectivity index (χ3v) is 4.27. The van der Waals surface area contributed by atoms with Crippen LogP contribution in [0.1, 0.15) is 49.8 Å². The summed E-state index contributed by atoms with van der Waals surface area (Å²) in [7, 11) is 0. The summed E-state index contributed by atoms with van der Waals surface area (Å²) >= 11 is 0. The number of nitrogens with one attached hydrogen (secondary N) is 2. The summed E-state index contributed by atoms with van der Waals surface area (Å²) in [6.07, 6.45) is 5.54. The van der Waals surface area contributed by atoms with Crippen LogP contribution in [0.25, 0.3) is 0 Å². The molecule has 0 fully saturated rings. The lowest BCUT2D eigenvalue weighted by Crippen LogP contribution is -2.36. The third kappa shape index (κ3) is 3.93. The van der Waals surface area contributed by atoms with Crippen LogP contribution in [-0.4, -0.2) is 22.4 Å². The van der Waals surface area contributed by atoms with Gasteiger partial charge in [-0.25, -0.2) is 9.97 Å². The molecule has 0 saturated heterocycles. The summed E-state index contributed by atoms with van der Waals surface area (Å²) in [5.41, 5.74) is 1.24. The van der Waals surface area contributed by atoms with Gasteiger partial charge in [0.15, 0.2) is 0 Å². The van der Waals surface area contributed by atoms with Crippen LogP contribution < -0.4 is 10.6 Å². The largest absolute Gasteiger partial charge is 0.466 e. The molecule has 1 amide bonds. The Morgan fingerprint density at radius 1 is 1.38 bits per heavy atom. The molecule has 0 spiro atoms. The van der Waals surface area contributed by atoms with Crippen molar-refractivity contribution in [2.75, 3.05) is 11.9 Å². The molecule has 0 aliphatic heterocycles. The molecule has 6 heteroatoms. The van der Waals surface area contributed by atoms with Crippen molar-refractivity contribution >= 4 is 11.9 Å². The first-order chi connectivity index (χ1) is 11.4. The molecule has 128 valence electrons. The molecular formula is C18H24N4O2. The van der Waals surface area contributed by atoms with Crippen LogP contribution >= 0.6 is 0 Å². The monoisotopic (exact) mass is 328 g/mol. The summed E-state index contributed by atoms with van der Waals surface area (Å²) in [6, 6.07) is 3.82. The molecule has 0 radical (unpaired) electrons. The molecule has 1 aliphatic rings. The van der Waals surface area contributed by atoms with Crippen LogP contribution in [0.3, 0.4) is 0 Å². The smallest absolute Gasteiger partial charge is 0.222 e. The highest BCUT2D eigenvalue weighted by Gasteiger charge is 2.35. The van der Waals surface area contributed by atoms with Gasteiger partial charge in [-0.3, -0.25) is 4.79 Å². The van der Waals surface area contributed by atoms with Crippen molar-refractivity contribution in [1.29, 1.82) is 0 Å². The molecule has 1 aliphatic carbocycles. The first-order valence-corrected chi connectivity index (χ1v) is 8.32. The van der Waals surface area contributed by atoms with Crippen molar-refractivity contribution in [3.8, 4) is 0 Å². The number of hydrogen-bond acceptors (Lipinski definition) is 5. The number of carbonyl (C=O) groups excluding carboxylic acids is 1. The lowest BCUT2D eigenvalue weighted by Gasteiger charge is -2.34. The zero-order chi connectivity index (χ0) is 17.2. The summed E-state index contributed by atoms with van der Waals surface area (Å²) < 4.78 is 5.81. The zero-order valence-corrected chi connectivity index (χ0v) is 14.4. The first kappa shape index (κ1) is 16.5. The molecule has 6 nitrogen and oxygen atoms in total. The lowest BCUT2D eigenvalue weighted by molar-refractivity contribution is -0.121. The van der Waals surface area contributed by atoms with E-state index in [1.165, 1.54) is 0 Å². The molecule has 2 aromatic heterocycles. The predicted octanol–water partition coefficient (Wildman–Crippen LogP) is 3.01. The van der Waals surface area contributed by atoms with Crippen LogP contribution in [0.4, 0.5) is 5.95 Å². The van der Waals surface area contributed by atoms with E-state index in [-0.39, 0.29) is 17.4 Å². The minimum absolute atomic E-state index is 0.0154. The Kier molecular flexibility index (Phi) is 4.55. The van der Waals surface area contributed by atoms with Crippen LogP contribution in [0.2, 0.25) is 0 Å². The van der Waals surface area contributed by atoms with Crippen molar-refractivity contribution in [1.82, 2.24) is 15.3 Å². The predicted molar refractivity (Wildman–Crippen MR) is 91.6 cm³/mol. The van der Waals surface area contributed by atoms with E-state index in [0.29, 0.717) is 18.9 Å². The molecule has 0 unspecified atom stereocenters. The average molecular weight is 328 g/mol. The maximum Gasteiger partial charge on any atom is 0.222 e. The second kappa shape index (κ2) is 6.63. The standard InChI is InChI=1S/C18H24N4O2/c1-12-9-13-14(10-18(2,3)11-15(13)24-12)22-16(23)5-8-21-17-19-6-4-7-20-17/h4,6-7,9,14H,5,8,10-11H2,1-3H3,(H,22,23)(H,19,20,21)/t14-/m1/s1. The van der Waals surface area contributed by atoms with Gasteiger partial charge in [-0.1, -0.05) is 13.8 Å². The Morgan fingerprint density at radius 2 is 2.12 bits per heavy atom. The number of aromatic nitrogens is 2. The van der Waals surface area contributed by atoms with Gasteiger partial charge in [0, 0.05) is 37.3 Å². The van der Waals surface area contributed by atoms with Crippen LogP contribution in [0.5, 0.6) is 0 Å². The van der Waals surface area contributed by atoms with Crippen molar-refractivity contribution in [3.63, 3.8) is 0 Å². The second-order valence-corrected chi connectivity index (χ2v) is 7.15. The number of furan rings is 1. The zero-order valence-electron chi connectivity index (χ0n) is 14.4. The number of rotatable bonds is 5. The van der Waals surface area contributed by atoms with E-state index in [9.17, 15) is 4.79 Å². The molecule has 2 heterocycles. The van der Waals surface area contributed by atoms with Gasteiger partial charge in [0.1, 0.15) is 11.5 Å². The number of amides is 1. The first-order valence-electron chi connectivity index (χ1n) is 8.32. The minimum atomic E-state index is 0.0154. The Labute approximate surface area is 142 Å². The van der Waals surface area contributed by atoms with E-state index in [1.54, 1.807) is 18.5 Å². The number of aryl methyl sites for hydroxylation is 1. The highest BCUT2D eigenvalue weighted by Crippen LogP contribution is 2.41. The molecule has 0 aromatic carbocycles. The maximum atomic E-state index is 12.3. The van der Waals surface area contributed by atoms with Crippen molar-refractivity contribution in [3.05, 3.63) is 41.6 Å². The number of carbonyl (C=O) groups is 1. The Bertz CT molecular complexity index is 709. The fourth-order valence-electron chi connectivity index (χ4n) is 3.26. The van der Waals surface area contributed by atoms with E-state index in [4.69, 9.17) is 4.42 Å². The van der Waals surface area contributed by atoms with Crippen LogP contribution in [0.15, 0.2) is 28.9 Å². The maximum absolute atomic E-state index is 12.3. The van der Waals surface area contributed by atoms with Gasteiger partial charge in [0.05, 0.1) is 6.04 Å². The fourth-order valence-corrected chi connectivity index (χ4v) is 3.26. The Hall–Kier alpha value is -2.37. The number of hydrogen-bond donors (Lipinski definition) is 2. The fraction of sp³-hybridized carbons (Fsp3) is 0.500. The molecule has 0 bridgehead atoms. The van der Waals surface area contributed by atoms with Gasteiger partial charge in [0.25, 0.3) is 0 Å². The van der Waals surface area contributed by atoms with Crippen LogP contribution in [0, 0.1) is 12.3 Å². The average Bonchev–Trinajstić information content (AvgIpc) is 2.87. The number of anilines is 1. The van der Waals surface area contributed by atoms with Gasteiger partial charge in [-0.05, 0) is 30.9 Å². The summed E-state index contributed by atoms with van der Waals surface area (Å²) in [5.74, 6) is 2.47. The highest BCUT2D eigenvalue weighted by atomic mass is 16.3. The van der Waals surface area contributed by atoms with Crippen molar-refractivity contribution in [2.45, 2.75) is 46.1 Å². The Balaban J connectivity index is 1.57. The molecule has 3 rings (SSSR count). The molecular weight excluding hydrogens is 304 g/mol. The van der Waals surface area contributed by atoms with Crippen molar-refractivity contribution < 1.29 is 9.21 Å². The van der Waals surface area contributed by atoms with Crippen LogP contribution in [-0.2, 0) is 11.2 Å². The molecule has 2 N–H and O–H groups in total. The lowest BCUT2D eigenvalue weighted by atomic mass is 9.74. The second-order valence-electron chi connectivity index (χ2n) is 7.15. The van der Waals surface area contributed by atoms with E-state index in [2.05, 4.69) is 34.4 Å². The summed E-state index contributed by atoms with van der Waals surface area (Å²) in [4.78, 5) is 20.5. The highest BCUT2D eigenvalue weighted by molar-refractivity contribution is 5.77. The topological polar surface area (TPSA) is 80.0 Å². The normalized spacial score (nSPS) is 18.7. The number of fused-ring (bicyclic) bond motifs is 1. The molecule has 2 aromatic rings. The van der Waals surface area contributed by atoms with Gasteiger partial charge in [-0.15, -0.1) is 0 Å². The third-order valence-electron chi connectivity index (χ3n) is 4.27. The van der Waals surface area contributed by atoms with E-state index < -0.39 is 0 Å². The minimum Gasteiger partial charge on any atom is -0.466 e. The van der Waals surface area contributed by atoms with E-state index >= 15 is 0 Å². The molecule has 0 saturated carbocycles. The van der Waals surface area contributed by atoms with Gasteiger partial charge < -0.3 is 15.1 Å².